The number of amides is 1. The Balaban J connectivity index is 1.42. The average molecular weight is 445 g/mol. The Morgan fingerprint density at radius 1 is 1.00 bits per heavy atom. The number of anilines is 1. The number of benzene rings is 1. The van der Waals surface area contributed by atoms with Crippen LogP contribution in [0.4, 0.5) is 18.9 Å². The van der Waals surface area contributed by atoms with Crippen LogP contribution in [0.2, 0.25) is 0 Å². The van der Waals surface area contributed by atoms with E-state index in [1.54, 1.807) is 11.1 Å². The van der Waals surface area contributed by atoms with Crippen molar-refractivity contribution in [1.82, 2.24) is 19.7 Å². The Labute approximate surface area is 183 Å². The Bertz CT molecular complexity index is 1090. The first kappa shape index (κ1) is 21.7. The zero-order valence-corrected chi connectivity index (χ0v) is 17.6. The minimum absolute atomic E-state index is 0.221. The number of ether oxygens (including phenoxy) is 1. The molecule has 1 fully saturated rings. The maximum absolute atomic E-state index is 12.8. The molecule has 10 heteroatoms. The number of carbonyl (C=O) groups is 1. The van der Waals surface area contributed by atoms with Crippen molar-refractivity contribution < 1.29 is 22.7 Å². The van der Waals surface area contributed by atoms with Crippen LogP contribution < -0.4 is 9.64 Å². The number of rotatable bonds is 4. The highest BCUT2D eigenvalue weighted by atomic mass is 19.4. The van der Waals surface area contributed by atoms with E-state index < -0.39 is 6.36 Å². The summed E-state index contributed by atoms with van der Waals surface area (Å²) in [6.45, 7) is 6.17. The van der Waals surface area contributed by atoms with Crippen LogP contribution in [0.15, 0.2) is 48.7 Å². The van der Waals surface area contributed by atoms with Gasteiger partial charge in [-0.05, 0) is 50.2 Å². The Morgan fingerprint density at radius 3 is 2.28 bits per heavy atom. The van der Waals surface area contributed by atoms with Gasteiger partial charge in [0, 0.05) is 37.9 Å². The number of aromatic nitrogens is 3. The topological polar surface area (TPSA) is 63.5 Å². The van der Waals surface area contributed by atoms with Crippen LogP contribution in [0.1, 0.15) is 21.7 Å². The second kappa shape index (κ2) is 8.52. The number of nitrogens with zero attached hydrogens (tertiary/aromatic N) is 5. The van der Waals surface area contributed by atoms with Gasteiger partial charge in [0.1, 0.15) is 5.75 Å². The third-order valence-corrected chi connectivity index (χ3v) is 5.34. The molecule has 0 N–H and O–H groups in total. The second-order valence-corrected chi connectivity index (χ2v) is 7.47. The lowest BCUT2D eigenvalue weighted by Gasteiger charge is -2.36. The molecule has 0 radical (unpaired) electrons. The molecule has 0 bridgehead atoms. The fourth-order valence-corrected chi connectivity index (χ4v) is 3.91. The number of hydrogen-bond acceptors (Lipinski definition) is 5. The largest absolute Gasteiger partial charge is 0.573 e. The molecule has 0 spiro atoms. The Kier molecular flexibility index (Phi) is 5.77. The molecule has 7 nitrogen and oxygen atoms in total. The van der Waals surface area contributed by atoms with Gasteiger partial charge in [-0.2, -0.15) is 5.10 Å². The van der Waals surface area contributed by atoms with Crippen molar-refractivity contribution in [3.05, 3.63) is 65.6 Å². The Hall–Kier alpha value is -3.56. The molecule has 0 atom stereocenters. The molecule has 4 rings (SSSR count). The van der Waals surface area contributed by atoms with Crippen LogP contribution >= 0.6 is 0 Å². The monoisotopic (exact) mass is 445 g/mol. The van der Waals surface area contributed by atoms with Gasteiger partial charge in [-0.25, -0.2) is 9.67 Å². The van der Waals surface area contributed by atoms with Crippen LogP contribution in [0.25, 0.3) is 5.82 Å². The molecule has 1 aromatic carbocycles. The van der Waals surface area contributed by atoms with E-state index in [4.69, 9.17) is 0 Å². The zero-order chi connectivity index (χ0) is 22.9. The molecule has 1 amide bonds. The number of alkyl halides is 3. The van der Waals surface area contributed by atoms with Crippen LogP contribution in [0.3, 0.4) is 0 Å². The molecular formula is C22H22F3N5O2. The summed E-state index contributed by atoms with van der Waals surface area (Å²) in [6, 6.07) is 10.6. The lowest BCUT2D eigenvalue weighted by Crippen LogP contribution is -2.49. The predicted octanol–water partition coefficient (Wildman–Crippen LogP) is 3.75. The normalized spacial score (nSPS) is 14.5. The van der Waals surface area contributed by atoms with Gasteiger partial charge < -0.3 is 14.5 Å². The predicted molar refractivity (Wildman–Crippen MR) is 112 cm³/mol. The maximum atomic E-state index is 12.8. The molecule has 32 heavy (non-hydrogen) atoms. The van der Waals surface area contributed by atoms with Crippen molar-refractivity contribution in [2.24, 2.45) is 0 Å². The fourth-order valence-electron chi connectivity index (χ4n) is 3.91. The molecule has 3 heterocycles. The van der Waals surface area contributed by atoms with Crippen molar-refractivity contribution in [3.8, 4) is 11.6 Å². The molecule has 0 unspecified atom stereocenters. The van der Waals surface area contributed by atoms with E-state index in [2.05, 4.69) is 19.7 Å². The fraction of sp³-hybridized carbons (Fsp3) is 0.318. The first-order valence-electron chi connectivity index (χ1n) is 10.1. The van der Waals surface area contributed by atoms with E-state index in [1.165, 1.54) is 12.1 Å². The molecule has 2 aromatic heterocycles. The lowest BCUT2D eigenvalue weighted by molar-refractivity contribution is -0.274. The highest BCUT2D eigenvalue weighted by Gasteiger charge is 2.31. The Morgan fingerprint density at radius 2 is 1.69 bits per heavy atom. The van der Waals surface area contributed by atoms with Crippen molar-refractivity contribution in [2.75, 3.05) is 31.1 Å². The van der Waals surface area contributed by atoms with Crippen molar-refractivity contribution in [3.63, 3.8) is 0 Å². The van der Waals surface area contributed by atoms with Gasteiger partial charge in [0.25, 0.3) is 5.91 Å². The van der Waals surface area contributed by atoms with Crippen LogP contribution in [-0.2, 0) is 0 Å². The number of pyridine rings is 1. The first-order valence-corrected chi connectivity index (χ1v) is 10.1. The van der Waals surface area contributed by atoms with Crippen molar-refractivity contribution in [2.45, 2.75) is 20.2 Å². The number of halogens is 3. The summed E-state index contributed by atoms with van der Waals surface area (Å²) in [5.74, 6) is 0.168. The summed E-state index contributed by atoms with van der Waals surface area (Å²) in [4.78, 5) is 21.0. The highest BCUT2D eigenvalue weighted by Crippen LogP contribution is 2.28. The number of carbonyl (C=O) groups excluding carboxylic acids is 1. The second-order valence-electron chi connectivity index (χ2n) is 7.47. The van der Waals surface area contributed by atoms with E-state index in [-0.39, 0.29) is 11.7 Å². The van der Waals surface area contributed by atoms with Gasteiger partial charge in [0.15, 0.2) is 5.82 Å². The van der Waals surface area contributed by atoms with Crippen molar-refractivity contribution in [1.29, 1.82) is 0 Å². The van der Waals surface area contributed by atoms with E-state index in [1.807, 2.05) is 36.7 Å². The molecule has 168 valence electrons. The number of hydrogen-bond donors (Lipinski definition) is 0. The van der Waals surface area contributed by atoms with Crippen LogP contribution in [-0.4, -0.2) is 58.1 Å². The van der Waals surface area contributed by atoms with E-state index in [9.17, 15) is 18.0 Å². The summed E-state index contributed by atoms with van der Waals surface area (Å²) >= 11 is 0. The number of piperazine rings is 1. The quantitative estimate of drug-likeness (QED) is 0.612. The van der Waals surface area contributed by atoms with Gasteiger partial charge in [0.2, 0.25) is 0 Å². The molecule has 1 aliphatic rings. The van der Waals surface area contributed by atoms with Gasteiger partial charge in [-0.3, -0.25) is 4.79 Å². The SMILES string of the molecule is Cc1nn(-c2ccccn2)c(C)c1N1CCN(C(=O)c2ccc(OC(F)(F)F)cc2)CC1. The maximum Gasteiger partial charge on any atom is 0.573 e. The van der Waals surface area contributed by atoms with Gasteiger partial charge in [0.05, 0.1) is 17.1 Å². The van der Waals surface area contributed by atoms with Gasteiger partial charge >= 0.3 is 6.36 Å². The summed E-state index contributed by atoms with van der Waals surface area (Å²) in [5, 5.41) is 4.63. The van der Waals surface area contributed by atoms with E-state index in [0.29, 0.717) is 31.7 Å². The molecule has 0 saturated carbocycles. The summed E-state index contributed by atoms with van der Waals surface area (Å²) in [6.07, 6.45) is -3.04. The van der Waals surface area contributed by atoms with E-state index in [0.717, 1.165) is 35.0 Å². The molecule has 1 saturated heterocycles. The summed E-state index contributed by atoms with van der Waals surface area (Å²) < 4.78 is 42.6. The number of aryl methyl sites for hydroxylation is 1. The van der Waals surface area contributed by atoms with Crippen LogP contribution in [0, 0.1) is 13.8 Å². The minimum atomic E-state index is -4.76. The molecule has 1 aliphatic heterocycles. The lowest BCUT2D eigenvalue weighted by atomic mass is 10.1. The van der Waals surface area contributed by atoms with Crippen LogP contribution in [0.5, 0.6) is 5.75 Å². The summed E-state index contributed by atoms with van der Waals surface area (Å²) in [5.41, 5.74) is 3.20. The standard InChI is InChI=1S/C22H22F3N5O2/c1-15-20(16(2)30(27-15)19-5-3-4-10-26-19)28-11-13-29(14-12-28)21(31)17-6-8-18(9-7-17)32-22(23,24)25/h3-10H,11-14H2,1-2H3. The molecular weight excluding hydrogens is 423 g/mol. The van der Waals surface area contributed by atoms with Crippen molar-refractivity contribution >= 4 is 11.6 Å². The first-order chi connectivity index (χ1) is 15.2. The summed E-state index contributed by atoms with van der Waals surface area (Å²) in [7, 11) is 0. The smallest absolute Gasteiger partial charge is 0.406 e. The molecule has 3 aromatic rings. The molecule has 0 aliphatic carbocycles. The minimum Gasteiger partial charge on any atom is -0.406 e. The average Bonchev–Trinajstić information content (AvgIpc) is 3.07. The third kappa shape index (κ3) is 4.53. The van der Waals surface area contributed by atoms with Gasteiger partial charge in [-0.15, -0.1) is 13.2 Å². The van der Waals surface area contributed by atoms with E-state index >= 15 is 0 Å². The third-order valence-electron chi connectivity index (χ3n) is 5.34. The highest BCUT2D eigenvalue weighted by molar-refractivity contribution is 5.94. The zero-order valence-electron chi connectivity index (χ0n) is 17.6. The van der Waals surface area contributed by atoms with Gasteiger partial charge in [-0.1, -0.05) is 6.07 Å².